The molecule has 0 fully saturated rings. The molecular formula is C20H19N5OS. The Morgan fingerprint density at radius 3 is 2.74 bits per heavy atom. The maximum Gasteiger partial charge on any atom is 0.237 e. The molecule has 0 saturated heterocycles. The monoisotopic (exact) mass is 377 g/mol. The standard InChI is InChI=1S/C20H19N5OS/c1-13-6-4-8-16(10-13)18-23-24-20(25(18)3)27-14(2)19(26)22-17-9-5-7-15(11-17)12-21/h4-11,14H,1-3H3,(H,22,26). The Morgan fingerprint density at radius 2 is 2.00 bits per heavy atom. The molecule has 2 aromatic carbocycles. The van der Waals surface area contributed by atoms with Crippen LogP contribution in [0.1, 0.15) is 18.1 Å². The lowest BCUT2D eigenvalue weighted by molar-refractivity contribution is -0.115. The van der Waals surface area contributed by atoms with Crippen molar-refractivity contribution in [1.82, 2.24) is 14.8 Å². The summed E-state index contributed by atoms with van der Waals surface area (Å²) in [5, 5.41) is 20.6. The lowest BCUT2D eigenvalue weighted by Gasteiger charge is -2.12. The number of nitriles is 1. The minimum Gasteiger partial charge on any atom is -0.325 e. The first kappa shape index (κ1) is 18.7. The molecule has 6 nitrogen and oxygen atoms in total. The van der Waals surface area contributed by atoms with Crippen LogP contribution in [-0.2, 0) is 11.8 Å². The molecule has 0 radical (unpaired) electrons. The van der Waals surface area contributed by atoms with Crippen LogP contribution >= 0.6 is 11.8 Å². The largest absolute Gasteiger partial charge is 0.325 e. The highest BCUT2D eigenvalue weighted by molar-refractivity contribution is 8.00. The van der Waals surface area contributed by atoms with Crippen molar-refractivity contribution in [2.45, 2.75) is 24.3 Å². The van der Waals surface area contributed by atoms with E-state index in [2.05, 4.69) is 27.6 Å². The summed E-state index contributed by atoms with van der Waals surface area (Å²) >= 11 is 1.34. The van der Waals surface area contributed by atoms with Crippen molar-refractivity contribution in [3.63, 3.8) is 0 Å². The number of rotatable bonds is 5. The van der Waals surface area contributed by atoms with Gasteiger partial charge in [0.2, 0.25) is 5.91 Å². The number of thioether (sulfide) groups is 1. The molecule has 136 valence electrons. The van der Waals surface area contributed by atoms with Crippen molar-refractivity contribution in [3.05, 3.63) is 59.7 Å². The molecular weight excluding hydrogens is 358 g/mol. The third-order valence-electron chi connectivity index (χ3n) is 4.02. The molecule has 0 spiro atoms. The smallest absolute Gasteiger partial charge is 0.237 e. The number of hydrogen-bond acceptors (Lipinski definition) is 5. The van der Waals surface area contributed by atoms with Gasteiger partial charge in [0.25, 0.3) is 0 Å². The zero-order valence-electron chi connectivity index (χ0n) is 15.3. The predicted molar refractivity (Wildman–Crippen MR) is 106 cm³/mol. The minimum atomic E-state index is -0.371. The molecule has 1 aromatic heterocycles. The average molecular weight is 377 g/mol. The highest BCUT2D eigenvalue weighted by atomic mass is 32.2. The van der Waals surface area contributed by atoms with E-state index in [0.717, 1.165) is 17.0 Å². The van der Waals surface area contributed by atoms with Gasteiger partial charge in [-0.1, -0.05) is 41.6 Å². The van der Waals surface area contributed by atoms with E-state index in [1.165, 1.54) is 11.8 Å². The van der Waals surface area contributed by atoms with Gasteiger partial charge in [-0.2, -0.15) is 5.26 Å². The second-order valence-corrected chi connectivity index (χ2v) is 7.48. The van der Waals surface area contributed by atoms with E-state index in [9.17, 15) is 4.79 Å². The summed E-state index contributed by atoms with van der Waals surface area (Å²) in [6, 6.07) is 17.0. The molecule has 3 rings (SSSR count). The Kier molecular flexibility index (Phi) is 5.57. The SMILES string of the molecule is Cc1cccc(-c2nnc(SC(C)C(=O)Nc3cccc(C#N)c3)n2C)c1. The molecule has 7 heteroatoms. The van der Waals surface area contributed by atoms with E-state index in [-0.39, 0.29) is 11.2 Å². The summed E-state index contributed by atoms with van der Waals surface area (Å²) in [6.45, 7) is 3.85. The number of carbonyl (C=O) groups excluding carboxylic acids is 1. The zero-order valence-corrected chi connectivity index (χ0v) is 16.1. The molecule has 1 atom stereocenters. The summed E-state index contributed by atoms with van der Waals surface area (Å²) in [4.78, 5) is 12.5. The van der Waals surface area contributed by atoms with Crippen molar-refractivity contribution in [3.8, 4) is 17.5 Å². The summed E-state index contributed by atoms with van der Waals surface area (Å²) in [5.41, 5.74) is 3.24. The summed E-state index contributed by atoms with van der Waals surface area (Å²) in [6.07, 6.45) is 0. The van der Waals surface area contributed by atoms with E-state index in [1.54, 1.807) is 24.3 Å². The number of anilines is 1. The number of aryl methyl sites for hydroxylation is 1. The Balaban J connectivity index is 1.71. The Labute approximate surface area is 162 Å². The maximum absolute atomic E-state index is 12.5. The van der Waals surface area contributed by atoms with Crippen molar-refractivity contribution in [2.75, 3.05) is 5.32 Å². The van der Waals surface area contributed by atoms with Gasteiger partial charge in [0.15, 0.2) is 11.0 Å². The van der Waals surface area contributed by atoms with Crippen LogP contribution in [0.5, 0.6) is 0 Å². The highest BCUT2D eigenvalue weighted by Gasteiger charge is 2.19. The van der Waals surface area contributed by atoms with Gasteiger partial charge in [0, 0.05) is 18.3 Å². The number of amides is 1. The molecule has 1 heterocycles. The normalized spacial score (nSPS) is 11.6. The molecule has 0 bridgehead atoms. The minimum absolute atomic E-state index is 0.157. The van der Waals surface area contributed by atoms with Crippen molar-refractivity contribution in [2.24, 2.45) is 7.05 Å². The van der Waals surface area contributed by atoms with Crippen LogP contribution in [0.15, 0.2) is 53.7 Å². The van der Waals surface area contributed by atoms with Crippen molar-refractivity contribution < 1.29 is 4.79 Å². The van der Waals surface area contributed by atoms with Gasteiger partial charge in [0.05, 0.1) is 16.9 Å². The van der Waals surface area contributed by atoms with Crippen LogP contribution in [0.3, 0.4) is 0 Å². The molecule has 1 amide bonds. The number of nitrogens with one attached hydrogen (secondary N) is 1. The van der Waals surface area contributed by atoms with E-state index in [1.807, 2.05) is 43.7 Å². The topological polar surface area (TPSA) is 83.6 Å². The Bertz CT molecular complexity index is 1020. The second kappa shape index (κ2) is 8.06. The molecule has 0 aliphatic carbocycles. The van der Waals surface area contributed by atoms with Gasteiger partial charge >= 0.3 is 0 Å². The number of aromatic nitrogens is 3. The van der Waals surface area contributed by atoms with Gasteiger partial charge in [-0.3, -0.25) is 4.79 Å². The third kappa shape index (κ3) is 4.36. The molecule has 0 aliphatic rings. The van der Waals surface area contributed by atoms with Crippen molar-refractivity contribution in [1.29, 1.82) is 5.26 Å². The summed E-state index contributed by atoms with van der Waals surface area (Å²) in [5.74, 6) is 0.603. The van der Waals surface area contributed by atoms with Gasteiger partial charge in [-0.05, 0) is 38.1 Å². The van der Waals surface area contributed by atoms with Gasteiger partial charge in [0.1, 0.15) is 0 Å². The number of carbonyl (C=O) groups is 1. The Morgan fingerprint density at radius 1 is 1.22 bits per heavy atom. The number of hydrogen-bond donors (Lipinski definition) is 1. The number of nitrogens with zero attached hydrogens (tertiary/aromatic N) is 4. The van der Waals surface area contributed by atoms with E-state index < -0.39 is 0 Å². The molecule has 1 unspecified atom stereocenters. The van der Waals surface area contributed by atoms with Crippen LogP contribution < -0.4 is 5.32 Å². The molecule has 1 N–H and O–H groups in total. The first-order valence-corrected chi connectivity index (χ1v) is 9.30. The van der Waals surface area contributed by atoms with Crippen LogP contribution in [-0.4, -0.2) is 25.9 Å². The third-order valence-corrected chi connectivity index (χ3v) is 5.16. The van der Waals surface area contributed by atoms with Crippen molar-refractivity contribution >= 4 is 23.4 Å². The van der Waals surface area contributed by atoms with Crippen LogP contribution in [0.2, 0.25) is 0 Å². The highest BCUT2D eigenvalue weighted by Crippen LogP contribution is 2.26. The first-order chi connectivity index (χ1) is 13.0. The van der Waals surface area contributed by atoms with Gasteiger partial charge in [-0.25, -0.2) is 0 Å². The fourth-order valence-corrected chi connectivity index (χ4v) is 3.39. The van der Waals surface area contributed by atoms with E-state index in [0.29, 0.717) is 16.4 Å². The lowest BCUT2D eigenvalue weighted by Crippen LogP contribution is -2.22. The lowest BCUT2D eigenvalue weighted by atomic mass is 10.1. The number of benzene rings is 2. The van der Waals surface area contributed by atoms with Crippen LogP contribution in [0, 0.1) is 18.3 Å². The maximum atomic E-state index is 12.5. The summed E-state index contributed by atoms with van der Waals surface area (Å²) in [7, 11) is 1.89. The fourth-order valence-electron chi connectivity index (χ4n) is 2.58. The Hall–Kier alpha value is -3.11. The quantitative estimate of drug-likeness (QED) is 0.684. The molecule has 27 heavy (non-hydrogen) atoms. The van der Waals surface area contributed by atoms with Gasteiger partial charge < -0.3 is 9.88 Å². The van der Waals surface area contributed by atoms with Gasteiger partial charge in [-0.15, -0.1) is 10.2 Å². The molecule has 3 aromatic rings. The predicted octanol–water partition coefficient (Wildman–Crippen LogP) is 3.78. The van der Waals surface area contributed by atoms with E-state index in [4.69, 9.17) is 5.26 Å². The van der Waals surface area contributed by atoms with Crippen LogP contribution in [0.25, 0.3) is 11.4 Å². The van der Waals surface area contributed by atoms with Crippen LogP contribution in [0.4, 0.5) is 5.69 Å². The summed E-state index contributed by atoms with van der Waals surface area (Å²) < 4.78 is 1.89. The zero-order chi connectivity index (χ0) is 19.4. The first-order valence-electron chi connectivity index (χ1n) is 8.42. The second-order valence-electron chi connectivity index (χ2n) is 6.18. The average Bonchev–Trinajstić information content (AvgIpc) is 3.02. The molecule has 0 saturated carbocycles. The van der Waals surface area contributed by atoms with E-state index >= 15 is 0 Å². The molecule has 0 aliphatic heterocycles. The fraction of sp³-hybridized carbons (Fsp3) is 0.200.